The Labute approximate surface area is 144 Å². The third kappa shape index (κ3) is 4.60. The van der Waals surface area contributed by atoms with Crippen LogP contribution >= 0.6 is 0 Å². The predicted molar refractivity (Wildman–Crippen MR) is 91.5 cm³/mol. The Balaban J connectivity index is 1.64. The predicted octanol–water partition coefficient (Wildman–Crippen LogP) is 3.04. The molecule has 0 spiro atoms. The van der Waals surface area contributed by atoms with Crippen molar-refractivity contribution < 1.29 is 14.0 Å². The van der Waals surface area contributed by atoms with Gasteiger partial charge in [0.1, 0.15) is 11.6 Å². The summed E-state index contributed by atoms with van der Waals surface area (Å²) in [5.41, 5.74) is 1.61. The summed E-state index contributed by atoms with van der Waals surface area (Å²) >= 11 is 0. The van der Waals surface area contributed by atoms with Crippen LogP contribution in [0.1, 0.15) is 24.7 Å². The molecule has 0 aliphatic heterocycles. The lowest BCUT2D eigenvalue weighted by atomic mass is 10.1. The van der Waals surface area contributed by atoms with E-state index in [2.05, 4.69) is 20.4 Å². The minimum Gasteiger partial charge on any atom is -0.391 e. The minimum atomic E-state index is -0.397. The van der Waals surface area contributed by atoms with E-state index >= 15 is 0 Å². The number of anilines is 1. The number of hydrogen-bond donors (Lipinski definition) is 2. The van der Waals surface area contributed by atoms with Gasteiger partial charge >= 0.3 is 0 Å². The molecule has 0 aliphatic rings. The van der Waals surface area contributed by atoms with Gasteiger partial charge in [0, 0.05) is 19.2 Å². The Morgan fingerprint density at radius 3 is 2.68 bits per heavy atom. The van der Waals surface area contributed by atoms with Gasteiger partial charge in [0.15, 0.2) is 5.82 Å². The number of aromatic nitrogens is 3. The van der Waals surface area contributed by atoms with Crippen molar-refractivity contribution >= 4 is 5.82 Å². The van der Waals surface area contributed by atoms with E-state index in [-0.39, 0.29) is 5.82 Å². The molecule has 0 aliphatic carbocycles. The Morgan fingerprint density at radius 1 is 1.20 bits per heavy atom. The third-order valence-electron chi connectivity index (χ3n) is 3.74. The normalized spacial score (nSPS) is 12.1. The van der Waals surface area contributed by atoms with Crippen LogP contribution in [0.5, 0.6) is 0 Å². The lowest BCUT2D eigenvalue weighted by molar-refractivity contribution is 0.183. The first-order valence-electron chi connectivity index (χ1n) is 8.09. The number of benzene rings is 1. The average Bonchev–Trinajstić information content (AvgIpc) is 3.10. The van der Waals surface area contributed by atoms with Crippen LogP contribution in [0.4, 0.5) is 10.2 Å². The van der Waals surface area contributed by atoms with Crippen LogP contribution in [-0.4, -0.2) is 32.9 Å². The topological polar surface area (TPSA) is 84.1 Å². The van der Waals surface area contributed by atoms with Gasteiger partial charge in [0.2, 0.25) is 0 Å². The maximum absolute atomic E-state index is 12.9. The van der Waals surface area contributed by atoms with Gasteiger partial charge in [-0.1, -0.05) is 24.2 Å². The molecule has 25 heavy (non-hydrogen) atoms. The van der Waals surface area contributed by atoms with Crippen molar-refractivity contribution in [3.8, 4) is 11.5 Å². The fraction of sp³-hybridized carbons (Fsp3) is 0.278. The summed E-state index contributed by atoms with van der Waals surface area (Å²) in [5.74, 6) is 1.30. The smallest absolute Gasteiger partial charge is 0.259 e. The molecule has 1 atom stereocenters. The number of halogens is 1. The first-order chi connectivity index (χ1) is 12.1. The van der Waals surface area contributed by atoms with Crippen molar-refractivity contribution in [3.63, 3.8) is 0 Å². The van der Waals surface area contributed by atoms with E-state index in [4.69, 9.17) is 4.52 Å². The quantitative estimate of drug-likeness (QED) is 0.686. The molecule has 0 saturated heterocycles. The maximum Gasteiger partial charge on any atom is 0.259 e. The number of pyridine rings is 1. The molecule has 3 rings (SSSR count). The van der Waals surface area contributed by atoms with Crippen LogP contribution < -0.4 is 5.32 Å². The summed E-state index contributed by atoms with van der Waals surface area (Å²) in [7, 11) is 0. The standard InChI is InChI=1S/C18H19FN4O2/c1-2-15(24)11-21-16-8-5-13(10-20-16)18-22-17(23-25-18)9-12-3-6-14(19)7-4-12/h3-8,10,15,24H,2,9,11H2,1H3,(H,20,21)/t15-/m1/s1. The fourth-order valence-corrected chi connectivity index (χ4v) is 2.22. The van der Waals surface area contributed by atoms with Crippen molar-refractivity contribution in [1.29, 1.82) is 0 Å². The summed E-state index contributed by atoms with van der Waals surface area (Å²) < 4.78 is 18.2. The van der Waals surface area contributed by atoms with Gasteiger partial charge in [-0.05, 0) is 36.2 Å². The molecule has 0 fully saturated rings. The van der Waals surface area contributed by atoms with Crippen LogP contribution in [0.25, 0.3) is 11.5 Å². The summed E-state index contributed by atoms with van der Waals surface area (Å²) in [4.78, 5) is 8.62. The zero-order valence-electron chi connectivity index (χ0n) is 13.8. The van der Waals surface area contributed by atoms with Gasteiger partial charge in [0.25, 0.3) is 5.89 Å². The molecule has 0 unspecified atom stereocenters. The minimum absolute atomic E-state index is 0.274. The molecule has 2 N–H and O–H groups in total. The first kappa shape index (κ1) is 17.0. The number of nitrogens with zero attached hydrogens (tertiary/aromatic N) is 3. The van der Waals surface area contributed by atoms with E-state index < -0.39 is 6.10 Å². The van der Waals surface area contributed by atoms with Gasteiger partial charge in [-0.25, -0.2) is 9.37 Å². The highest BCUT2D eigenvalue weighted by Gasteiger charge is 2.10. The Bertz CT molecular complexity index is 803. The zero-order chi connectivity index (χ0) is 17.6. The SMILES string of the molecule is CC[C@@H](O)CNc1ccc(-c2nc(Cc3ccc(F)cc3)no2)cn1. The average molecular weight is 342 g/mol. The molecule has 0 radical (unpaired) electrons. The zero-order valence-corrected chi connectivity index (χ0v) is 13.8. The van der Waals surface area contributed by atoms with Crippen molar-refractivity contribution in [2.24, 2.45) is 0 Å². The lowest BCUT2D eigenvalue weighted by Crippen LogP contribution is -2.18. The van der Waals surface area contributed by atoms with Crippen molar-refractivity contribution in [2.75, 3.05) is 11.9 Å². The van der Waals surface area contributed by atoms with Crippen LogP contribution in [0.15, 0.2) is 47.1 Å². The molecular weight excluding hydrogens is 323 g/mol. The number of rotatable bonds is 7. The number of aliphatic hydroxyl groups is 1. The maximum atomic E-state index is 12.9. The number of aliphatic hydroxyl groups excluding tert-OH is 1. The van der Waals surface area contributed by atoms with Gasteiger partial charge in [-0.2, -0.15) is 4.98 Å². The van der Waals surface area contributed by atoms with Gasteiger partial charge in [-0.15, -0.1) is 0 Å². The highest BCUT2D eigenvalue weighted by atomic mass is 19.1. The van der Waals surface area contributed by atoms with Gasteiger partial charge in [0.05, 0.1) is 11.7 Å². The van der Waals surface area contributed by atoms with E-state index in [0.717, 1.165) is 5.56 Å². The van der Waals surface area contributed by atoms with Crippen LogP contribution in [0.3, 0.4) is 0 Å². The van der Waals surface area contributed by atoms with Crippen LogP contribution in [-0.2, 0) is 6.42 Å². The largest absolute Gasteiger partial charge is 0.391 e. The van der Waals surface area contributed by atoms with Crippen molar-refractivity contribution in [1.82, 2.24) is 15.1 Å². The molecule has 6 nitrogen and oxygen atoms in total. The van der Waals surface area contributed by atoms with Crippen molar-refractivity contribution in [3.05, 3.63) is 59.8 Å². The molecular formula is C18H19FN4O2. The summed E-state index contributed by atoms with van der Waals surface area (Å²) in [5, 5.41) is 16.6. The number of hydrogen-bond acceptors (Lipinski definition) is 6. The van der Waals surface area contributed by atoms with Gasteiger partial charge in [-0.3, -0.25) is 0 Å². The Kier molecular flexibility index (Phi) is 5.35. The molecule has 0 bridgehead atoms. The molecule has 2 aromatic heterocycles. The molecule has 130 valence electrons. The van der Waals surface area contributed by atoms with Gasteiger partial charge < -0.3 is 14.9 Å². The first-order valence-corrected chi connectivity index (χ1v) is 8.09. The van der Waals surface area contributed by atoms with Crippen LogP contribution in [0, 0.1) is 5.82 Å². The van der Waals surface area contributed by atoms with E-state index in [9.17, 15) is 9.50 Å². The summed E-state index contributed by atoms with van der Waals surface area (Å²) in [6, 6.07) is 9.81. The Morgan fingerprint density at radius 2 is 2.00 bits per heavy atom. The summed E-state index contributed by atoms with van der Waals surface area (Å²) in [6.07, 6.45) is 2.39. The van der Waals surface area contributed by atoms with E-state index in [1.54, 1.807) is 24.4 Å². The second-order valence-electron chi connectivity index (χ2n) is 5.69. The second kappa shape index (κ2) is 7.85. The molecule has 0 amide bonds. The fourth-order valence-electron chi connectivity index (χ4n) is 2.22. The highest BCUT2D eigenvalue weighted by molar-refractivity contribution is 5.54. The lowest BCUT2D eigenvalue weighted by Gasteiger charge is -2.09. The Hall–Kier alpha value is -2.80. The number of nitrogens with one attached hydrogen (secondary N) is 1. The third-order valence-corrected chi connectivity index (χ3v) is 3.74. The molecule has 2 heterocycles. The monoisotopic (exact) mass is 342 g/mol. The molecule has 3 aromatic rings. The molecule has 1 aromatic carbocycles. The van der Waals surface area contributed by atoms with E-state index in [1.807, 2.05) is 13.0 Å². The highest BCUT2D eigenvalue weighted by Crippen LogP contribution is 2.19. The second-order valence-corrected chi connectivity index (χ2v) is 5.69. The van der Waals surface area contributed by atoms with Crippen LogP contribution in [0.2, 0.25) is 0 Å². The van der Waals surface area contributed by atoms with Crippen molar-refractivity contribution in [2.45, 2.75) is 25.9 Å². The van der Waals surface area contributed by atoms with E-state index in [1.165, 1.54) is 12.1 Å². The molecule has 0 saturated carbocycles. The van der Waals surface area contributed by atoms with E-state index in [0.29, 0.717) is 42.5 Å². The molecule has 7 heteroatoms. The summed E-state index contributed by atoms with van der Waals surface area (Å²) in [6.45, 7) is 2.37.